The number of carboxylic acids is 1. The maximum atomic E-state index is 14.7. The van der Waals surface area contributed by atoms with Crippen molar-refractivity contribution in [3.63, 3.8) is 0 Å². The van der Waals surface area contributed by atoms with Crippen LogP contribution in [0.1, 0.15) is 27.9 Å². The van der Waals surface area contributed by atoms with Crippen LogP contribution in [0.3, 0.4) is 0 Å². The van der Waals surface area contributed by atoms with Gasteiger partial charge < -0.3 is 29.5 Å². The van der Waals surface area contributed by atoms with Crippen LogP contribution in [0.5, 0.6) is 5.75 Å². The monoisotopic (exact) mass is 690 g/mol. The van der Waals surface area contributed by atoms with Gasteiger partial charge in [0.25, 0.3) is 11.8 Å². The smallest absolute Gasteiger partial charge is 0.317 e. The lowest BCUT2D eigenvalue weighted by molar-refractivity contribution is -0.138. The molecule has 3 unspecified atom stereocenters. The van der Waals surface area contributed by atoms with E-state index in [1.807, 2.05) is 6.92 Å². The van der Waals surface area contributed by atoms with Crippen molar-refractivity contribution < 1.29 is 42.2 Å². The molecular weight excluding hydrogens is 657 g/mol. The first-order valence-electron chi connectivity index (χ1n) is 15.1. The number of carbonyl (C=O) groups is 4. The number of amides is 3. The molecular formula is C32H34ClF3N6O6. The molecule has 5 rings (SSSR count). The lowest BCUT2D eigenvalue weighted by Gasteiger charge is -2.35. The first-order valence-corrected chi connectivity index (χ1v) is 15.5. The van der Waals surface area contributed by atoms with Gasteiger partial charge in [0.15, 0.2) is 17.4 Å². The van der Waals surface area contributed by atoms with Crippen molar-refractivity contribution in [2.75, 3.05) is 58.5 Å². The summed E-state index contributed by atoms with van der Waals surface area (Å²) in [6, 6.07) is 6.64. The number of carboxylic acid groups (broad SMARTS) is 1. The summed E-state index contributed by atoms with van der Waals surface area (Å²) in [5.41, 5.74) is 0.340. The summed E-state index contributed by atoms with van der Waals surface area (Å²) in [4.78, 5) is 59.5. The van der Waals surface area contributed by atoms with Crippen molar-refractivity contribution >= 4 is 41.0 Å². The fourth-order valence-electron chi connectivity index (χ4n) is 6.12. The lowest BCUT2D eigenvalue weighted by atomic mass is 10.1. The van der Waals surface area contributed by atoms with Crippen molar-refractivity contribution in [3.05, 3.63) is 64.6 Å². The average molecular weight is 691 g/mol. The minimum Gasteiger partial charge on any atom is -0.480 e. The van der Waals surface area contributed by atoms with E-state index < -0.39 is 36.1 Å². The van der Waals surface area contributed by atoms with Crippen LogP contribution in [0.2, 0.25) is 5.02 Å². The van der Waals surface area contributed by atoms with Gasteiger partial charge in [0.2, 0.25) is 18.6 Å². The van der Waals surface area contributed by atoms with Crippen LogP contribution >= 0.6 is 11.6 Å². The summed E-state index contributed by atoms with van der Waals surface area (Å²) in [5, 5.41) is 11.7. The van der Waals surface area contributed by atoms with E-state index in [1.165, 1.54) is 42.1 Å². The van der Waals surface area contributed by atoms with Crippen LogP contribution in [0.15, 0.2) is 36.5 Å². The highest BCUT2D eigenvalue weighted by atomic mass is 35.5. The van der Waals surface area contributed by atoms with E-state index >= 15 is 0 Å². The zero-order valence-corrected chi connectivity index (χ0v) is 27.1. The van der Waals surface area contributed by atoms with Crippen LogP contribution in [-0.4, -0.2) is 106 Å². The van der Waals surface area contributed by atoms with Crippen LogP contribution in [0.4, 0.5) is 18.9 Å². The third kappa shape index (κ3) is 7.11. The molecule has 1 saturated carbocycles. The molecule has 2 aliphatic rings. The molecule has 2 fully saturated rings. The normalized spacial score (nSPS) is 19.0. The van der Waals surface area contributed by atoms with E-state index in [9.17, 15) is 32.3 Å². The SMILES string of the molecule is CC1C(CN(C)CC(=O)O)C1C(=O)N1CCN(C(=O)c2ccc(NC(=O)c3ncc(-c4ccc(OCF)c(F)c4F)n3C)cc2Cl)CC1. The largest absolute Gasteiger partial charge is 0.480 e. The zero-order chi connectivity index (χ0) is 34.9. The third-order valence-corrected chi connectivity index (χ3v) is 9.15. The Morgan fingerprint density at radius 3 is 2.42 bits per heavy atom. The molecule has 1 aromatic heterocycles. The first kappa shape index (κ1) is 34.7. The van der Waals surface area contributed by atoms with E-state index in [4.69, 9.17) is 16.7 Å². The van der Waals surface area contributed by atoms with Crippen molar-refractivity contribution in [3.8, 4) is 17.0 Å². The Bertz CT molecular complexity index is 1750. The van der Waals surface area contributed by atoms with Gasteiger partial charge >= 0.3 is 5.97 Å². The number of rotatable bonds is 11. The Kier molecular flexibility index (Phi) is 10.3. The molecule has 48 heavy (non-hydrogen) atoms. The molecule has 3 atom stereocenters. The molecule has 0 radical (unpaired) electrons. The molecule has 1 saturated heterocycles. The number of anilines is 1. The predicted octanol–water partition coefficient (Wildman–Crippen LogP) is 3.76. The average Bonchev–Trinajstić information content (AvgIpc) is 3.49. The second kappa shape index (κ2) is 14.2. The van der Waals surface area contributed by atoms with Crippen LogP contribution in [0, 0.1) is 29.4 Å². The van der Waals surface area contributed by atoms with E-state index in [1.54, 1.807) is 21.7 Å². The van der Waals surface area contributed by atoms with E-state index in [2.05, 4.69) is 15.0 Å². The number of imidazole rings is 1. The van der Waals surface area contributed by atoms with Gasteiger partial charge in [0.1, 0.15) is 0 Å². The fraction of sp³-hybridized carbons (Fsp3) is 0.406. The molecule has 12 nitrogen and oxygen atoms in total. The number of halogens is 4. The number of hydrogen-bond acceptors (Lipinski definition) is 7. The number of alkyl halides is 1. The quantitative estimate of drug-likeness (QED) is 0.311. The molecule has 2 N–H and O–H groups in total. The Morgan fingerprint density at radius 1 is 1.08 bits per heavy atom. The molecule has 3 amide bonds. The lowest BCUT2D eigenvalue weighted by Crippen LogP contribution is -2.51. The van der Waals surface area contributed by atoms with Crippen LogP contribution in [-0.2, 0) is 16.6 Å². The summed E-state index contributed by atoms with van der Waals surface area (Å²) in [6.07, 6.45) is 1.19. The Hall–Kier alpha value is -4.63. The van der Waals surface area contributed by atoms with Crippen molar-refractivity contribution in [2.24, 2.45) is 24.8 Å². The highest BCUT2D eigenvalue weighted by Gasteiger charge is 2.53. The summed E-state index contributed by atoms with van der Waals surface area (Å²) >= 11 is 6.45. The number of benzene rings is 2. The van der Waals surface area contributed by atoms with Gasteiger partial charge in [-0.1, -0.05) is 18.5 Å². The van der Waals surface area contributed by atoms with Crippen LogP contribution < -0.4 is 10.1 Å². The number of nitrogens with one attached hydrogen (secondary N) is 1. The third-order valence-electron chi connectivity index (χ3n) is 8.84. The summed E-state index contributed by atoms with van der Waals surface area (Å²) < 4.78 is 47.1. The molecule has 2 aromatic carbocycles. The van der Waals surface area contributed by atoms with Gasteiger partial charge in [-0.15, -0.1) is 0 Å². The van der Waals surface area contributed by atoms with E-state index in [-0.39, 0.29) is 69.5 Å². The molecule has 256 valence electrons. The number of piperazine rings is 1. The van der Waals surface area contributed by atoms with E-state index in [0.717, 1.165) is 6.07 Å². The number of ether oxygens (including phenoxy) is 1. The molecule has 0 spiro atoms. The fourth-order valence-corrected chi connectivity index (χ4v) is 6.39. The van der Waals surface area contributed by atoms with Crippen molar-refractivity contribution in [1.29, 1.82) is 0 Å². The number of nitrogens with zero attached hydrogens (tertiary/aromatic N) is 5. The van der Waals surface area contributed by atoms with Gasteiger partial charge in [-0.25, -0.2) is 13.8 Å². The minimum absolute atomic E-state index is 0.0136. The first-order chi connectivity index (χ1) is 22.8. The van der Waals surface area contributed by atoms with Crippen molar-refractivity contribution in [2.45, 2.75) is 6.92 Å². The zero-order valence-electron chi connectivity index (χ0n) is 26.4. The molecule has 0 bridgehead atoms. The Balaban J connectivity index is 1.17. The minimum atomic E-state index is -1.38. The van der Waals surface area contributed by atoms with Gasteiger partial charge in [-0.2, -0.15) is 4.39 Å². The molecule has 1 aliphatic heterocycles. The van der Waals surface area contributed by atoms with Crippen LogP contribution in [0.25, 0.3) is 11.3 Å². The number of likely N-dealkylation sites (N-methyl/N-ethyl adjacent to an activating group) is 1. The number of carbonyl (C=O) groups excluding carboxylic acids is 3. The Labute approximate surface area is 279 Å². The highest BCUT2D eigenvalue weighted by Crippen LogP contribution is 2.47. The van der Waals surface area contributed by atoms with Gasteiger partial charge in [-0.3, -0.25) is 24.1 Å². The summed E-state index contributed by atoms with van der Waals surface area (Å²) in [6.45, 7) is 2.42. The predicted molar refractivity (Wildman–Crippen MR) is 168 cm³/mol. The topological polar surface area (TPSA) is 137 Å². The molecule has 1 aliphatic carbocycles. The number of hydrogen-bond donors (Lipinski definition) is 2. The van der Waals surface area contributed by atoms with E-state index in [0.29, 0.717) is 32.7 Å². The maximum Gasteiger partial charge on any atom is 0.317 e. The van der Waals surface area contributed by atoms with Gasteiger partial charge in [0, 0.05) is 56.9 Å². The van der Waals surface area contributed by atoms with Crippen molar-refractivity contribution in [1.82, 2.24) is 24.3 Å². The second-order valence-corrected chi connectivity index (χ2v) is 12.3. The molecule has 16 heteroatoms. The highest BCUT2D eigenvalue weighted by molar-refractivity contribution is 6.34. The molecule has 2 heterocycles. The second-order valence-electron chi connectivity index (χ2n) is 11.9. The summed E-state index contributed by atoms with van der Waals surface area (Å²) in [5.74, 6) is -5.23. The van der Waals surface area contributed by atoms with Gasteiger partial charge in [0.05, 0.1) is 29.0 Å². The van der Waals surface area contributed by atoms with Gasteiger partial charge in [-0.05, 0) is 49.2 Å². The standard InChI is InChI=1S/C32H34ClF3N6O6/c1-17-21(14-39(2)15-25(43)44)26(17)32(47)42-10-8-41(9-11-42)31(46)19-5-4-18(12-22(19)33)38-30(45)29-37-13-23(40(29)3)20-6-7-24(48-16-34)28(36)27(20)35/h4-7,12-13,17,21,26H,8-11,14-16H2,1-3H3,(H,38,45)(H,43,44). The number of aliphatic carboxylic acids is 1. The molecule has 3 aromatic rings. The Morgan fingerprint density at radius 2 is 1.77 bits per heavy atom. The number of aromatic nitrogens is 2. The maximum absolute atomic E-state index is 14.7. The summed E-state index contributed by atoms with van der Waals surface area (Å²) in [7, 11) is 3.16.